The molecule has 0 heterocycles. The molecule has 0 unspecified atom stereocenters. The van der Waals surface area contributed by atoms with E-state index in [9.17, 15) is 13.6 Å². The minimum absolute atomic E-state index is 0.0352. The van der Waals surface area contributed by atoms with Crippen molar-refractivity contribution in [2.75, 3.05) is 0 Å². The van der Waals surface area contributed by atoms with Crippen molar-refractivity contribution < 1.29 is 13.6 Å². The van der Waals surface area contributed by atoms with Gasteiger partial charge in [0, 0.05) is 0 Å². The van der Waals surface area contributed by atoms with Crippen LogP contribution < -0.4 is 0 Å². The minimum Gasteiger partial charge on any atom is -0.288 e. The van der Waals surface area contributed by atoms with Gasteiger partial charge in [0.15, 0.2) is 0 Å². The Hall–Kier alpha value is -1.45. The second kappa shape index (κ2) is 5.51. The molecule has 0 aromatic heterocycles. The topological polar surface area (TPSA) is 17.1 Å². The molecule has 0 aliphatic rings. The summed E-state index contributed by atoms with van der Waals surface area (Å²) in [4.78, 5) is 12.4. The molecule has 0 amide bonds. The molecule has 0 spiro atoms. The van der Waals surface area contributed by atoms with Gasteiger partial charge in [-0.3, -0.25) is 4.79 Å². The second-order valence-electron chi connectivity index (χ2n) is 4.44. The van der Waals surface area contributed by atoms with Crippen molar-refractivity contribution in [3.63, 3.8) is 0 Å². The van der Waals surface area contributed by atoms with Gasteiger partial charge in [-0.15, -0.1) is 0 Å². The lowest BCUT2D eigenvalue weighted by molar-refractivity contribution is 0.103. The van der Waals surface area contributed by atoms with Crippen LogP contribution in [-0.2, 0) is 0 Å². The van der Waals surface area contributed by atoms with Gasteiger partial charge in [-0.2, -0.15) is 0 Å². The van der Waals surface area contributed by atoms with E-state index < -0.39 is 17.4 Å². The average Bonchev–Trinajstić information content (AvgIpc) is 2.39. The summed E-state index contributed by atoms with van der Waals surface area (Å²) in [6.07, 6.45) is 0. The minimum atomic E-state index is -0.859. The van der Waals surface area contributed by atoms with Gasteiger partial charge in [-0.1, -0.05) is 35.3 Å². The van der Waals surface area contributed by atoms with E-state index >= 15 is 0 Å². The Balaban J connectivity index is 2.71. The number of carbonyl (C=O) groups is 1. The highest BCUT2D eigenvalue weighted by Gasteiger charge is 2.24. The van der Waals surface area contributed by atoms with Crippen LogP contribution in [0.25, 0.3) is 0 Å². The summed E-state index contributed by atoms with van der Waals surface area (Å²) >= 11 is 11.9. The molecule has 20 heavy (non-hydrogen) atoms. The van der Waals surface area contributed by atoms with E-state index in [4.69, 9.17) is 23.2 Å². The van der Waals surface area contributed by atoms with Crippen LogP contribution in [0.5, 0.6) is 0 Å². The van der Waals surface area contributed by atoms with E-state index in [-0.39, 0.29) is 21.2 Å². The smallest absolute Gasteiger partial charge is 0.201 e. The number of halogens is 4. The average molecular weight is 315 g/mol. The number of hydrogen-bond acceptors (Lipinski definition) is 1. The Bertz CT molecular complexity index is 652. The molecular formula is C15H10Cl2F2O. The first-order valence-corrected chi connectivity index (χ1v) is 6.54. The van der Waals surface area contributed by atoms with Gasteiger partial charge in [-0.05, 0) is 37.1 Å². The molecule has 104 valence electrons. The molecule has 0 N–H and O–H groups in total. The molecule has 0 atom stereocenters. The summed E-state index contributed by atoms with van der Waals surface area (Å²) in [6.45, 7) is 3.26. The monoisotopic (exact) mass is 314 g/mol. The van der Waals surface area contributed by atoms with Crippen LogP contribution in [0.15, 0.2) is 24.3 Å². The van der Waals surface area contributed by atoms with Crippen LogP contribution >= 0.6 is 23.2 Å². The lowest BCUT2D eigenvalue weighted by Gasteiger charge is -2.11. The predicted molar refractivity (Wildman–Crippen MR) is 75.7 cm³/mol. The lowest BCUT2D eigenvalue weighted by Crippen LogP contribution is -2.10. The van der Waals surface area contributed by atoms with E-state index in [1.165, 1.54) is 12.1 Å². The maximum absolute atomic E-state index is 13.9. The summed E-state index contributed by atoms with van der Waals surface area (Å²) in [5.74, 6) is -2.47. The van der Waals surface area contributed by atoms with Crippen molar-refractivity contribution in [1.82, 2.24) is 0 Å². The molecule has 2 aromatic rings. The Kier molecular flexibility index (Phi) is 4.11. The van der Waals surface area contributed by atoms with Gasteiger partial charge in [0.2, 0.25) is 5.78 Å². The Labute approximate surface area is 125 Å². The van der Waals surface area contributed by atoms with Crippen LogP contribution in [0.4, 0.5) is 8.78 Å². The first-order chi connectivity index (χ1) is 9.34. The maximum Gasteiger partial charge on any atom is 0.201 e. The maximum atomic E-state index is 13.9. The lowest BCUT2D eigenvalue weighted by atomic mass is 9.99. The van der Waals surface area contributed by atoms with Gasteiger partial charge >= 0.3 is 0 Å². The van der Waals surface area contributed by atoms with Gasteiger partial charge in [0.1, 0.15) is 11.6 Å². The van der Waals surface area contributed by atoms with Gasteiger partial charge in [0.05, 0.1) is 21.2 Å². The third-order valence-corrected chi connectivity index (χ3v) is 4.00. The molecule has 0 saturated heterocycles. The van der Waals surface area contributed by atoms with Crippen molar-refractivity contribution in [2.24, 2.45) is 0 Å². The Morgan fingerprint density at radius 1 is 0.850 bits per heavy atom. The van der Waals surface area contributed by atoms with Crippen LogP contribution in [0, 0.1) is 25.5 Å². The predicted octanol–water partition coefficient (Wildman–Crippen LogP) is 5.12. The van der Waals surface area contributed by atoms with Gasteiger partial charge < -0.3 is 0 Å². The van der Waals surface area contributed by atoms with Crippen LogP contribution in [0.2, 0.25) is 10.0 Å². The van der Waals surface area contributed by atoms with Crippen molar-refractivity contribution in [1.29, 1.82) is 0 Å². The highest BCUT2D eigenvalue weighted by atomic mass is 35.5. The van der Waals surface area contributed by atoms with Crippen molar-refractivity contribution in [2.45, 2.75) is 13.8 Å². The standard InChI is InChI=1S/C15H10Cl2F2O/c1-7-3-5-9(18)11(13(7)16)15(20)12-10(19)6-4-8(2)14(12)17/h3-6H,1-2H3. The van der Waals surface area contributed by atoms with Crippen LogP contribution in [0.3, 0.4) is 0 Å². The third kappa shape index (κ3) is 2.43. The zero-order chi connectivity index (χ0) is 15.0. The van der Waals surface area contributed by atoms with E-state index in [0.717, 1.165) is 12.1 Å². The first-order valence-electron chi connectivity index (χ1n) is 5.78. The van der Waals surface area contributed by atoms with E-state index in [1.807, 2.05) is 0 Å². The van der Waals surface area contributed by atoms with Crippen molar-refractivity contribution in [3.05, 3.63) is 68.2 Å². The third-order valence-electron chi connectivity index (χ3n) is 3.02. The molecule has 2 aromatic carbocycles. The number of hydrogen-bond donors (Lipinski definition) is 0. The fourth-order valence-corrected chi connectivity index (χ4v) is 2.33. The zero-order valence-electron chi connectivity index (χ0n) is 10.7. The SMILES string of the molecule is Cc1ccc(F)c(C(=O)c2c(F)ccc(C)c2Cl)c1Cl. The molecule has 0 fully saturated rings. The Morgan fingerprint density at radius 3 is 1.55 bits per heavy atom. The molecule has 0 saturated carbocycles. The first kappa shape index (κ1) is 14.9. The highest BCUT2D eigenvalue weighted by Crippen LogP contribution is 2.31. The number of carbonyl (C=O) groups excluding carboxylic acids is 1. The molecule has 0 aliphatic heterocycles. The second-order valence-corrected chi connectivity index (χ2v) is 5.19. The summed E-state index contributed by atoms with van der Waals surface area (Å²) < 4.78 is 27.7. The quantitative estimate of drug-likeness (QED) is 0.703. The number of ketones is 1. The molecule has 1 nitrogen and oxygen atoms in total. The van der Waals surface area contributed by atoms with Crippen molar-refractivity contribution >= 4 is 29.0 Å². The molecule has 2 rings (SSSR count). The fraction of sp³-hybridized carbons (Fsp3) is 0.133. The number of benzene rings is 2. The van der Waals surface area contributed by atoms with Gasteiger partial charge in [0.25, 0.3) is 0 Å². The summed E-state index contributed by atoms with van der Waals surface area (Å²) in [5.41, 5.74) is 0.331. The van der Waals surface area contributed by atoms with Gasteiger partial charge in [-0.25, -0.2) is 8.78 Å². The summed E-state index contributed by atoms with van der Waals surface area (Å²) in [6, 6.07) is 5.14. The zero-order valence-corrected chi connectivity index (χ0v) is 12.2. The van der Waals surface area contributed by atoms with E-state index in [1.54, 1.807) is 13.8 Å². The molecule has 5 heteroatoms. The molecular weight excluding hydrogens is 305 g/mol. The molecule has 0 aliphatic carbocycles. The van der Waals surface area contributed by atoms with Crippen LogP contribution in [-0.4, -0.2) is 5.78 Å². The van der Waals surface area contributed by atoms with Crippen LogP contribution in [0.1, 0.15) is 27.0 Å². The summed E-state index contributed by atoms with van der Waals surface area (Å²) in [7, 11) is 0. The summed E-state index contributed by atoms with van der Waals surface area (Å²) in [5, 5.41) is -0.0704. The van der Waals surface area contributed by atoms with E-state index in [2.05, 4.69) is 0 Å². The van der Waals surface area contributed by atoms with E-state index in [0.29, 0.717) is 11.1 Å². The van der Waals surface area contributed by atoms with Crippen molar-refractivity contribution in [3.8, 4) is 0 Å². The fourth-order valence-electron chi connectivity index (χ4n) is 1.85. The number of rotatable bonds is 2. The molecule has 0 radical (unpaired) electrons. The molecule has 0 bridgehead atoms. The number of aryl methyl sites for hydroxylation is 2. The Morgan fingerprint density at radius 2 is 1.20 bits per heavy atom. The largest absolute Gasteiger partial charge is 0.288 e. The highest BCUT2D eigenvalue weighted by molar-refractivity contribution is 6.39. The normalized spacial score (nSPS) is 10.7.